The van der Waals surface area contributed by atoms with E-state index in [1.54, 1.807) is 24.3 Å². The number of halogens is 1. The number of hydrogen-bond donors (Lipinski definition) is 0. The Morgan fingerprint density at radius 3 is 2.58 bits per heavy atom. The summed E-state index contributed by atoms with van der Waals surface area (Å²) in [6.07, 6.45) is 1.20. The molecule has 0 spiro atoms. The van der Waals surface area contributed by atoms with Crippen LogP contribution in [-0.2, 0) is 14.3 Å². The highest BCUT2D eigenvalue weighted by Gasteiger charge is 2.40. The molecule has 2 atom stereocenters. The number of esters is 1. The molecule has 2 aliphatic rings. The van der Waals surface area contributed by atoms with Gasteiger partial charge in [0.15, 0.2) is 5.78 Å². The van der Waals surface area contributed by atoms with Crippen LogP contribution in [0.4, 0.5) is 0 Å². The number of benzene rings is 1. The van der Waals surface area contributed by atoms with Gasteiger partial charge in [0, 0.05) is 28.8 Å². The molecule has 0 N–H and O–H groups in total. The predicted molar refractivity (Wildman–Crippen MR) is 93.3 cm³/mol. The second kappa shape index (κ2) is 6.36. The van der Waals surface area contributed by atoms with Crippen molar-refractivity contribution < 1.29 is 19.1 Å². The van der Waals surface area contributed by atoms with Crippen molar-refractivity contribution in [3.8, 4) is 0 Å². The molecule has 1 aliphatic carbocycles. The Bertz CT molecular complexity index is 703. The fourth-order valence-electron chi connectivity index (χ4n) is 3.22. The van der Waals surface area contributed by atoms with Gasteiger partial charge >= 0.3 is 5.97 Å². The summed E-state index contributed by atoms with van der Waals surface area (Å²) in [7, 11) is 0. The number of carbonyl (C=O) groups excluding carboxylic acids is 2. The molecule has 5 heteroatoms. The number of Topliss-reactive ketones (excluding diaryl/α,β-unsaturated/α-hetero) is 1. The highest BCUT2D eigenvalue weighted by Crippen LogP contribution is 2.43. The standard InChI is InChI=1S/C19H21BrO4/c1-11-8-14-15(21)9-19(2,3)10-16(14)23-18(11)24-17(22)12-4-6-13(20)7-5-12/h4-7,11,18H,8-10H2,1-3H3/t11-,18+/m1/s1. The first kappa shape index (κ1) is 17.2. The van der Waals surface area contributed by atoms with Gasteiger partial charge in [-0.15, -0.1) is 0 Å². The number of carbonyl (C=O) groups is 2. The van der Waals surface area contributed by atoms with Gasteiger partial charge in [0.1, 0.15) is 5.76 Å². The third-order valence-electron chi connectivity index (χ3n) is 4.50. The van der Waals surface area contributed by atoms with Crippen molar-refractivity contribution in [2.24, 2.45) is 11.3 Å². The Balaban J connectivity index is 1.75. The summed E-state index contributed by atoms with van der Waals surface area (Å²) in [6.45, 7) is 6.05. The molecule has 0 amide bonds. The molecule has 0 saturated carbocycles. The number of hydrogen-bond acceptors (Lipinski definition) is 4. The highest BCUT2D eigenvalue weighted by molar-refractivity contribution is 9.10. The minimum Gasteiger partial charge on any atom is -0.458 e. The third-order valence-corrected chi connectivity index (χ3v) is 5.03. The van der Waals surface area contributed by atoms with Gasteiger partial charge in [-0.2, -0.15) is 0 Å². The van der Waals surface area contributed by atoms with Crippen LogP contribution in [0.3, 0.4) is 0 Å². The van der Waals surface area contributed by atoms with Crippen molar-refractivity contribution in [3.05, 3.63) is 45.6 Å². The molecule has 0 aromatic heterocycles. The predicted octanol–water partition coefficient (Wildman–Crippen LogP) is 4.63. The van der Waals surface area contributed by atoms with Gasteiger partial charge < -0.3 is 9.47 Å². The zero-order valence-electron chi connectivity index (χ0n) is 14.1. The lowest BCUT2D eigenvalue weighted by Crippen LogP contribution is -2.37. The molecule has 24 heavy (non-hydrogen) atoms. The van der Waals surface area contributed by atoms with Crippen molar-refractivity contribution in [2.75, 3.05) is 0 Å². The molecule has 128 valence electrons. The van der Waals surface area contributed by atoms with Crippen molar-refractivity contribution in [1.29, 1.82) is 0 Å². The quantitative estimate of drug-likeness (QED) is 0.688. The first-order valence-corrected chi connectivity index (χ1v) is 8.93. The second-order valence-electron chi connectivity index (χ2n) is 7.42. The molecule has 0 radical (unpaired) electrons. The molecule has 0 bridgehead atoms. The molecule has 0 fully saturated rings. The first-order valence-electron chi connectivity index (χ1n) is 8.13. The van der Waals surface area contributed by atoms with Crippen molar-refractivity contribution in [2.45, 2.75) is 46.3 Å². The Hall–Kier alpha value is -1.62. The van der Waals surface area contributed by atoms with E-state index in [-0.39, 0.29) is 17.1 Å². The van der Waals surface area contributed by atoms with Crippen molar-refractivity contribution in [3.63, 3.8) is 0 Å². The first-order chi connectivity index (χ1) is 11.2. The van der Waals surface area contributed by atoms with Crippen LogP contribution >= 0.6 is 15.9 Å². The maximum absolute atomic E-state index is 12.3. The van der Waals surface area contributed by atoms with E-state index in [0.29, 0.717) is 30.6 Å². The number of ether oxygens (including phenoxy) is 2. The summed E-state index contributed by atoms with van der Waals surface area (Å²) < 4.78 is 12.4. The molecule has 0 saturated heterocycles. The lowest BCUT2D eigenvalue weighted by Gasteiger charge is -2.38. The van der Waals surface area contributed by atoms with E-state index in [0.717, 1.165) is 10.0 Å². The summed E-state index contributed by atoms with van der Waals surface area (Å²) in [4.78, 5) is 24.6. The average Bonchev–Trinajstić information content (AvgIpc) is 2.49. The van der Waals surface area contributed by atoms with Gasteiger partial charge in [-0.05, 0) is 36.1 Å². The summed E-state index contributed by atoms with van der Waals surface area (Å²) in [5.74, 6) is 0.395. The smallest absolute Gasteiger partial charge is 0.341 e. The lowest BCUT2D eigenvalue weighted by molar-refractivity contribution is -0.136. The van der Waals surface area contributed by atoms with E-state index < -0.39 is 12.3 Å². The van der Waals surface area contributed by atoms with Gasteiger partial charge in [-0.3, -0.25) is 4.79 Å². The summed E-state index contributed by atoms with van der Waals surface area (Å²) >= 11 is 3.34. The summed E-state index contributed by atoms with van der Waals surface area (Å²) in [5.41, 5.74) is 1.14. The second-order valence-corrected chi connectivity index (χ2v) is 8.34. The maximum Gasteiger partial charge on any atom is 0.341 e. The van der Waals surface area contributed by atoms with Gasteiger partial charge in [0.05, 0.1) is 5.56 Å². The molecule has 1 aliphatic heterocycles. The Labute approximate surface area is 150 Å². The average molecular weight is 393 g/mol. The van der Waals surface area contributed by atoms with Crippen LogP contribution in [0.25, 0.3) is 0 Å². The van der Waals surface area contributed by atoms with E-state index in [9.17, 15) is 9.59 Å². The van der Waals surface area contributed by atoms with Crippen LogP contribution in [0.15, 0.2) is 40.1 Å². The minimum absolute atomic E-state index is 0.0479. The number of ketones is 1. The maximum atomic E-state index is 12.3. The van der Waals surface area contributed by atoms with Gasteiger partial charge in [-0.1, -0.05) is 36.7 Å². The highest BCUT2D eigenvalue weighted by atomic mass is 79.9. The molecular formula is C19H21BrO4. The SMILES string of the molecule is C[C@@H]1CC2=C(CC(C)(C)CC2=O)O[C@H]1OC(=O)c1ccc(Br)cc1. The fourth-order valence-corrected chi connectivity index (χ4v) is 3.48. The number of rotatable bonds is 2. The monoisotopic (exact) mass is 392 g/mol. The molecule has 1 aromatic rings. The van der Waals surface area contributed by atoms with Gasteiger partial charge in [0.2, 0.25) is 6.29 Å². The van der Waals surface area contributed by atoms with E-state index in [4.69, 9.17) is 9.47 Å². The third kappa shape index (κ3) is 3.56. The summed E-state index contributed by atoms with van der Waals surface area (Å²) in [5, 5.41) is 0. The topological polar surface area (TPSA) is 52.6 Å². The molecule has 3 rings (SSSR count). The van der Waals surface area contributed by atoms with E-state index >= 15 is 0 Å². The molecule has 1 aromatic carbocycles. The van der Waals surface area contributed by atoms with Crippen LogP contribution in [-0.4, -0.2) is 18.0 Å². The van der Waals surface area contributed by atoms with Crippen LogP contribution in [0, 0.1) is 11.3 Å². The molecule has 0 unspecified atom stereocenters. The van der Waals surface area contributed by atoms with Gasteiger partial charge in [-0.25, -0.2) is 4.79 Å². The van der Waals surface area contributed by atoms with Crippen molar-refractivity contribution in [1.82, 2.24) is 0 Å². The van der Waals surface area contributed by atoms with E-state index in [1.165, 1.54) is 0 Å². The molecule has 4 nitrogen and oxygen atoms in total. The minimum atomic E-state index is -0.651. The van der Waals surface area contributed by atoms with Crippen LogP contribution in [0.1, 0.15) is 50.4 Å². The molecule has 1 heterocycles. The summed E-state index contributed by atoms with van der Waals surface area (Å²) in [6, 6.07) is 7.01. The van der Waals surface area contributed by atoms with Crippen LogP contribution in [0.2, 0.25) is 0 Å². The van der Waals surface area contributed by atoms with Gasteiger partial charge in [0.25, 0.3) is 0 Å². The lowest BCUT2D eigenvalue weighted by atomic mass is 9.74. The Morgan fingerprint density at radius 1 is 1.25 bits per heavy atom. The van der Waals surface area contributed by atoms with E-state index in [2.05, 4.69) is 29.8 Å². The number of allylic oxidation sites excluding steroid dienone is 2. The largest absolute Gasteiger partial charge is 0.458 e. The van der Waals surface area contributed by atoms with Crippen molar-refractivity contribution >= 4 is 27.7 Å². The molecular weight excluding hydrogens is 372 g/mol. The normalized spacial score (nSPS) is 25.8. The zero-order valence-corrected chi connectivity index (χ0v) is 15.7. The Kier molecular flexibility index (Phi) is 4.56. The zero-order chi connectivity index (χ0) is 17.5. The fraction of sp³-hybridized carbons (Fsp3) is 0.474. The van der Waals surface area contributed by atoms with Crippen LogP contribution in [0.5, 0.6) is 0 Å². The van der Waals surface area contributed by atoms with E-state index in [1.807, 2.05) is 6.92 Å². The van der Waals surface area contributed by atoms with Crippen LogP contribution < -0.4 is 0 Å². The Morgan fingerprint density at radius 2 is 1.92 bits per heavy atom.